The van der Waals surface area contributed by atoms with Gasteiger partial charge in [0.1, 0.15) is 12.6 Å². The fraction of sp³-hybridized carbons (Fsp3) is 0.833. The van der Waals surface area contributed by atoms with Crippen LogP contribution in [0.5, 0.6) is 0 Å². The molecule has 0 spiro atoms. The molecule has 0 aromatic heterocycles. The molecule has 2 aliphatic heterocycles. The van der Waals surface area contributed by atoms with Crippen molar-refractivity contribution in [1.82, 2.24) is 4.90 Å². The Balaban J connectivity index is 1.71. The first-order valence-corrected chi connectivity index (χ1v) is 6.40. The molecule has 1 N–H and O–H groups in total. The Hall–Kier alpha value is -1.14. The standard InChI is InChI=1S/C12H19NO5/c14-11(8-17-7-9-3-2-6-18-9)13-5-1-4-10(13)12(15)16/h9-10H,1-8H2,(H,15,16)/t9-,10-/m0/s1. The Bertz CT molecular complexity index is 314. The lowest BCUT2D eigenvalue weighted by atomic mass is 10.2. The van der Waals surface area contributed by atoms with Gasteiger partial charge in [0.05, 0.1) is 12.7 Å². The minimum Gasteiger partial charge on any atom is -0.480 e. The topological polar surface area (TPSA) is 76.1 Å². The number of amides is 1. The molecule has 0 aromatic rings. The van der Waals surface area contributed by atoms with E-state index in [0.29, 0.717) is 19.6 Å². The van der Waals surface area contributed by atoms with Crippen LogP contribution < -0.4 is 0 Å². The number of carbonyl (C=O) groups is 2. The highest BCUT2D eigenvalue weighted by molar-refractivity contribution is 5.84. The van der Waals surface area contributed by atoms with Gasteiger partial charge < -0.3 is 19.5 Å². The zero-order chi connectivity index (χ0) is 13.0. The summed E-state index contributed by atoms with van der Waals surface area (Å²) in [6.07, 6.45) is 3.37. The van der Waals surface area contributed by atoms with E-state index in [0.717, 1.165) is 25.9 Å². The van der Waals surface area contributed by atoms with Crippen LogP contribution >= 0.6 is 0 Å². The molecule has 2 heterocycles. The summed E-state index contributed by atoms with van der Waals surface area (Å²) in [6.45, 7) is 1.63. The molecule has 0 aromatic carbocycles. The second kappa shape index (κ2) is 6.15. The molecule has 102 valence electrons. The van der Waals surface area contributed by atoms with Gasteiger partial charge in [0.2, 0.25) is 5.91 Å². The number of ether oxygens (including phenoxy) is 2. The molecule has 2 saturated heterocycles. The predicted molar refractivity (Wildman–Crippen MR) is 62.2 cm³/mol. The highest BCUT2D eigenvalue weighted by atomic mass is 16.5. The van der Waals surface area contributed by atoms with Crippen molar-refractivity contribution in [2.75, 3.05) is 26.4 Å². The van der Waals surface area contributed by atoms with Crippen molar-refractivity contribution in [2.24, 2.45) is 0 Å². The van der Waals surface area contributed by atoms with E-state index in [-0.39, 0.29) is 18.6 Å². The Morgan fingerprint density at radius 2 is 2.17 bits per heavy atom. The van der Waals surface area contributed by atoms with Crippen LogP contribution in [0.1, 0.15) is 25.7 Å². The summed E-state index contributed by atoms with van der Waals surface area (Å²) in [6, 6.07) is -0.677. The molecular formula is C12H19NO5. The highest BCUT2D eigenvalue weighted by Gasteiger charge is 2.33. The summed E-state index contributed by atoms with van der Waals surface area (Å²) in [5.41, 5.74) is 0. The number of hydrogen-bond acceptors (Lipinski definition) is 4. The van der Waals surface area contributed by atoms with Crippen LogP contribution in [0.25, 0.3) is 0 Å². The molecule has 6 nitrogen and oxygen atoms in total. The highest BCUT2D eigenvalue weighted by Crippen LogP contribution is 2.18. The number of carboxylic acids is 1. The second-order valence-corrected chi connectivity index (χ2v) is 4.73. The van der Waals surface area contributed by atoms with Crippen molar-refractivity contribution < 1.29 is 24.2 Å². The zero-order valence-corrected chi connectivity index (χ0v) is 10.3. The van der Waals surface area contributed by atoms with Gasteiger partial charge in [-0.25, -0.2) is 4.79 Å². The summed E-state index contributed by atoms with van der Waals surface area (Å²) in [7, 11) is 0. The number of carbonyl (C=O) groups excluding carboxylic acids is 1. The molecule has 0 bridgehead atoms. The molecule has 0 unspecified atom stereocenters. The summed E-state index contributed by atoms with van der Waals surface area (Å²) < 4.78 is 10.7. The van der Waals surface area contributed by atoms with E-state index in [1.807, 2.05) is 0 Å². The van der Waals surface area contributed by atoms with Crippen LogP contribution in [0.4, 0.5) is 0 Å². The number of nitrogens with zero attached hydrogens (tertiary/aromatic N) is 1. The summed E-state index contributed by atoms with van der Waals surface area (Å²) in [4.78, 5) is 24.2. The number of carboxylic acid groups (broad SMARTS) is 1. The molecule has 2 atom stereocenters. The third kappa shape index (κ3) is 3.20. The normalized spacial score (nSPS) is 27.7. The Kier molecular flexibility index (Phi) is 4.54. The van der Waals surface area contributed by atoms with Crippen LogP contribution in [0.15, 0.2) is 0 Å². The van der Waals surface area contributed by atoms with Crippen LogP contribution in [0, 0.1) is 0 Å². The Morgan fingerprint density at radius 3 is 2.83 bits per heavy atom. The van der Waals surface area contributed by atoms with E-state index in [1.165, 1.54) is 4.90 Å². The Morgan fingerprint density at radius 1 is 1.33 bits per heavy atom. The van der Waals surface area contributed by atoms with Crippen LogP contribution in [0.3, 0.4) is 0 Å². The summed E-state index contributed by atoms with van der Waals surface area (Å²) >= 11 is 0. The molecule has 2 rings (SSSR count). The van der Waals surface area contributed by atoms with Gasteiger partial charge in [0.25, 0.3) is 0 Å². The van der Waals surface area contributed by atoms with Gasteiger partial charge in [0, 0.05) is 13.2 Å². The van der Waals surface area contributed by atoms with Crippen molar-refractivity contribution in [1.29, 1.82) is 0 Å². The first kappa shape index (κ1) is 13.3. The molecular weight excluding hydrogens is 238 g/mol. The minimum atomic E-state index is -0.931. The average Bonchev–Trinajstić information content (AvgIpc) is 2.99. The van der Waals surface area contributed by atoms with Crippen molar-refractivity contribution >= 4 is 11.9 Å². The first-order valence-electron chi connectivity index (χ1n) is 6.40. The molecule has 0 saturated carbocycles. The molecule has 6 heteroatoms. The van der Waals surface area contributed by atoms with Gasteiger partial charge in [-0.2, -0.15) is 0 Å². The van der Waals surface area contributed by atoms with E-state index < -0.39 is 12.0 Å². The van der Waals surface area contributed by atoms with Crippen LogP contribution in [-0.4, -0.2) is 60.4 Å². The SMILES string of the molecule is O=C(O)[C@@H]1CCCN1C(=O)COC[C@@H]1CCCO1. The van der Waals surface area contributed by atoms with Gasteiger partial charge in [0.15, 0.2) is 0 Å². The van der Waals surface area contributed by atoms with Gasteiger partial charge in [-0.3, -0.25) is 4.79 Å². The summed E-state index contributed by atoms with van der Waals surface area (Å²) in [5.74, 6) is -1.17. The molecule has 0 radical (unpaired) electrons. The maximum atomic E-state index is 11.8. The first-order chi connectivity index (χ1) is 8.68. The van der Waals surface area contributed by atoms with Crippen molar-refractivity contribution in [3.05, 3.63) is 0 Å². The van der Waals surface area contributed by atoms with Crippen molar-refractivity contribution in [3.63, 3.8) is 0 Å². The van der Waals surface area contributed by atoms with Crippen molar-refractivity contribution in [2.45, 2.75) is 37.8 Å². The lowest BCUT2D eigenvalue weighted by Crippen LogP contribution is -2.42. The molecule has 0 aliphatic carbocycles. The molecule has 2 aliphatic rings. The molecule has 1 amide bonds. The predicted octanol–water partition coefficient (Wildman–Crippen LogP) is 0.258. The van der Waals surface area contributed by atoms with Crippen LogP contribution in [0.2, 0.25) is 0 Å². The fourth-order valence-corrected chi connectivity index (χ4v) is 2.46. The second-order valence-electron chi connectivity index (χ2n) is 4.73. The average molecular weight is 257 g/mol. The third-order valence-corrected chi connectivity index (χ3v) is 3.41. The third-order valence-electron chi connectivity index (χ3n) is 3.41. The lowest BCUT2D eigenvalue weighted by Gasteiger charge is -2.21. The fourth-order valence-electron chi connectivity index (χ4n) is 2.46. The quantitative estimate of drug-likeness (QED) is 0.764. The van der Waals surface area contributed by atoms with E-state index in [2.05, 4.69) is 0 Å². The largest absolute Gasteiger partial charge is 0.480 e. The van der Waals surface area contributed by atoms with E-state index in [9.17, 15) is 9.59 Å². The van der Waals surface area contributed by atoms with Crippen molar-refractivity contribution in [3.8, 4) is 0 Å². The minimum absolute atomic E-state index is 0.0519. The number of likely N-dealkylation sites (tertiary alicyclic amines) is 1. The van der Waals surface area contributed by atoms with E-state index in [4.69, 9.17) is 14.6 Å². The zero-order valence-electron chi connectivity index (χ0n) is 10.3. The Labute approximate surface area is 106 Å². The number of hydrogen-bond donors (Lipinski definition) is 1. The van der Waals surface area contributed by atoms with Gasteiger partial charge in [-0.05, 0) is 25.7 Å². The van der Waals surface area contributed by atoms with Gasteiger partial charge in [-0.1, -0.05) is 0 Å². The van der Waals surface area contributed by atoms with E-state index in [1.54, 1.807) is 0 Å². The van der Waals surface area contributed by atoms with Crippen LogP contribution in [-0.2, 0) is 19.1 Å². The number of aliphatic carboxylic acids is 1. The monoisotopic (exact) mass is 257 g/mol. The lowest BCUT2D eigenvalue weighted by molar-refractivity contribution is -0.150. The van der Waals surface area contributed by atoms with Gasteiger partial charge in [-0.15, -0.1) is 0 Å². The maximum absolute atomic E-state index is 11.8. The van der Waals surface area contributed by atoms with Gasteiger partial charge >= 0.3 is 5.97 Å². The number of rotatable bonds is 5. The maximum Gasteiger partial charge on any atom is 0.326 e. The van der Waals surface area contributed by atoms with E-state index >= 15 is 0 Å². The molecule has 2 fully saturated rings. The molecule has 18 heavy (non-hydrogen) atoms. The summed E-state index contributed by atoms with van der Waals surface area (Å²) in [5, 5.41) is 8.98. The smallest absolute Gasteiger partial charge is 0.326 e.